The predicted octanol–water partition coefficient (Wildman–Crippen LogP) is 2.93. The van der Waals surface area contributed by atoms with Gasteiger partial charge in [0.25, 0.3) is 0 Å². The third-order valence-electron chi connectivity index (χ3n) is 4.21. The van der Waals surface area contributed by atoms with Crippen molar-refractivity contribution in [2.75, 3.05) is 7.11 Å². The Morgan fingerprint density at radius 3 is 2.90 bits per heavy atom. The summed E-state index contributed by atoms with van der Waals surface area (Å²) in [5.41, 5.74) is 0.989. The molecule has 5 heteroatoms. The van der Waals surface area contributed by atoms with E-state index in [9.17, 15) is 0 Å². The van der Waals surface area contributed by atoms with Gasteiger partial charge in [-0.25, -0.2) is 0 Å². The first-order valence-corrected chi connectivity index (χ1v) is 6.91. The molecule has 0 spiro atoms. The topological polar surface area (TPSA) is 71.9 Å². The number of benzene rings is 1. The number of nitrogens with zero attached hydrogens (tertiary/aromatic N) is 3. The lowest BCUT2D eigenvalue weighted by atomic mass is 10.1. The van der Waals surface area contributed by atoms with Crippen LogP contribution in [-0.2, 0) is 6.42 Å². The number of ether oxygens (including phenoxy) is 1. The van der Waals surface area contributed by atoms with Crippen molar-refractivity contribution >= 4 is 0 Å². The molecule has 0 N–H and O–H groups in total. The lowest BCUT2D eigenvalue weighted by Gasteiger charge is -2.01. The summed E-state index contributed by atoms with van der Waals surface area (Å²) in [6, 6.07) is 10.1. The summed E-state index contributed by atoms with van der Waals surface area (Å²) in [5, 5.41) is 13.1. The van der Waals surface area contributed by atoms with Crippen molar-refractivity contribution in [3.05, 3.63) is 41.5 Å². The smallest absolute Gasteiger partial charge is 0.231 e. The molecule has 1 aliphatic rings. The van der Waals surface area contributed by atoms with E-state index in [0.29, 0.717) is 18.1 Å². The lowest BCUT2D eigenvalue weighted by molar-refractivity contribution is 0.363. The van der Waals surface area contributed by atoms with Crippen LogP contribution in [0, 0.1) is 22.7 Å². The number of hydrogen-bond donors (Lipinski definition) is 0. The number of nitriles is 1. The zero-order chi connectivity index (χ0) is 15.0. The van der Waals surface area contributed by atoms with Crippen LogP contribution < -0.4 is 4.74 Å². The average molecular weight is 283 g/mol. The SMILES string of the molecule is COc1cccc(Cc2noc(C3C(C#N)C3(C)C)n2)c1. The van der Waals surface area contributed by atoms with E-state index in [1.54, 1.807) is 7.11 Å². The van der Waals surface area contributed by atoms with Crippen LogP contribution in [0.15, 0.2) is 28.8 Å². The van der Waals surface area contributed by atoms with Crippen LogP contribution in [0.2, 0.25) is 0 Å². The summed E-state index contributed by atoms with van der Waals surface area (Å²) < 4.78 is 10.5. The third-order valence-corrected chi connectivity index (χ3v) is 4.21. The first kappa shape index (κ1) is 13.6. The van der Waals surface area contributed by atoms with Gasteiger partial charge >= 0.3 is 0 Å². The van der Waals surface area contributed by atoms with Crippen LogP contribution in [0.4, 0.5) is 0 Å². The maximum Gasteiger partial charge on any atom is 0.231 e. The highest BCUT2D eigenvalue weighted by Crippen LogP contribution is 2.63. The van der Waals surface area contributed by atoms with Gasteiger partial charge in [-0.15, -0.1) is 0 Å². The summed E-state index contributed by atoms with van der Waals surface area (Å²) in [5.74, 6) is 2.03. The van der Waals surface area contributed by atoms with Crippen molar-refractivity contribution in [3.8, 4) is 11.8 Å². The van der Waals surface area contributed by atoms with Crippen LogP contribution in [0.3, 0.4) is 0 Å². The first-order chi connectivity index (χ1) is 10.1. The zero-order valence-corrected chi connectivity index (χ0v) is 12.3. The molecule has 2 atom stereocenters. The highest BCUT2D eigenvalue weighted by Gasteiger charge is 2.62. The van der Waals surface area contributed by atoms with Crippen LogP contribution in [0.1, 0.15) is 37.0 Å². The first-order valence-electron chi connectivity index (χ1n) is 6.91. The van der Waals surface area contributed by atoms with E-state index < -0.39 is 0 Å². The second-order valence-corrected chi connectivity index (χ2v) is 5.98. The molecule has 1 aromatic heterocycles. The molecule has 0 radical (unpaired) electrons. The summed E-state index contributed by atoms with van der Waals surface area (Å²) in [7, 11) is 1.64. The van der Waals surface area contributed by atoms with Crippen LogP contribution in [0.25, 0.3) is 0 Å². The quantitative estimate of drug-likeness (QED) is 0.862. The molecular weight excluding hydrogens is 266 g/mol. The number of hydrogen-bond acceptors (Lipinski definition) is 5. The molecule has 0 aliphatic heterocycles. The molecular formula is C16H17N3O2. The maximum absolute atomic E-state index is 9.12. The van der Waals surface area contributed by atoms with Gasteiger partial charge in [-0.2, -0.15) is 10.2 Å². The molecule has 2 aromatic rings. The standard InChI is InChI=1S/C16H17N3O2/c1-16(2)12(9-17)14(16)15-18-13(19-21-15)8-10-5-4-6-11(7-10)20-3/h4-7,12,14H,8H2,1-3H3. The van der Waals surface area contributed by atoms with E-state index in [4.69, 9.17) is 14.5 Å². The Kier molecular flexibility index (Phi) is 3.17. The minimum Gasteiger partial charge on any atom is -0.497 e. The van der Waals surface area contributed by atoms with E-state index in [-0.39, 0.29) is 17.3 Å². The van der Waals surface area contributed by atoms with E-state index in [1.165, 1.54) is 0 Å². The van der Waals surface area contributed by atoms with E-state index in [2.05, 4.69) is 30.1 Å². The molecule has 0 bridgehead atoms. The Morgan fingerprint density at radius 2 is 2.24 bits per heavy atom. The minimum absolute atomic E-state index is 0.0392. The second-order valence-electron chi connectivity index (χ2n) is 5.98. The van der Waals surface area contributed by atoms with Gasteiger partial charge in [0.1, 0.15) is 5.75 Å². The largest absolute Gasteiger partial charge is 0.497 e. The summed E-state index contributed by atoms with van der Waals surface area (Å²) >= 11 is 0. The minimum atomic E-state index is -0.0749. The molecule has 1 heterocycles. The molecule has 3 rings (SSSR count). The molecule has 0 saturated heterocycles. The van der Waals surface area contributed by atoms with Crippen LogP contribution >= 0.6 is 0 Å². The Balaban J connectivity index is 1.76. The monoisotopic (exact) mass is 283 g/mol. The van der Waals surface area contributed by atoms with Gasteiger partial charge in [0.15, 0.2) is 5.82 Å². The van der Waals surface area contributed by atoms with Gasteiger partial charge in [-0.3, -0.25) is 0 Å². The Hall–Kier alpha value is -2.35. The van der Waals surface area contributed by atoms with Crippen molar-refractivity contribution in [2.24, 2.45) is 11.3 Å². The molecule has 1 fully saturated rings. The van der Waals surface area contributed by atoms with Crippen molar-refractivity contribution in [2.45, 2.75) is 26.2 Å². The van der Waals surface area contributed by atoms with Gasteiger partial charge in [-0.05, 0) is 23.1 Å². The van der Waals surface area contributed by atoms with Gasteiger partial charge in [0.05, 0.1) is 25.0 Å². The zero-order valence-electron chi connectivity index (χ0n) is 12.3. The Labute approximate surface area is 123 Å². The maximum atomic E-state index is 9.12. The fraction of sp³-hybridized carbons (Fsp3) is 0.438. The van der Waals surface area contributed by atoms with Gasteiger partial charge in [0.2, 0.25) is 5.89 Å². The van der Waals surface area contributed by atoms with Crippen molar-refractivity contribution in [1.29, 1.82) is 5.26 Å². The number of rotatable bonds is 4. The fourth-order valence-corrected chi connectivity index (χ4v) is 2.77. The Bertz CT molecular complexity index is 700. The van der Waals surface area contributed by atoms with Gasteiger partial charge in [0, 0.05) is 6.42 Å². The summed E-state index contributed by atoms with van der Waals surface area (Å²) in [6.45, 7) is 4.11. The summed E-state index contributed by atoms with van der Waals surface area (Å²) in [4.78, 5) is 4.45. The molecule has 2 unspecified atom stereocenters. The second kappa shape index (κ2) is 4.88. The molecule has 21 heavy (non-hydrogen) atoms. The molecule has 1 aliphatic carbocycles. The van der Waals surface area contributed by atoms with E-state index in [1.807, 2.05) is 24.3 Å². The average Bonchev–Trinajstić information content (AvgIpc) is 2.81. The van der Waals surface area contributed by atoms with E-state index >= 15 is 0 Å². The number of aromatic nitrogens is 2. The number of methoxy groups -OCH3 is 1. The van der Waals surface area contributed by atoms with Crippen molar-refractivity contribution in [1.82, 2.24) is 10.1 Å². The van der Waals surface area contributed by atoms with Gasteiger partial charge in [-0.1, -0.05) is 31.1 Å². The highest BCUT2D eigenvalue weighted by molar-refractivity contribution is 5.31. The fourth-order valence-electron chi connectivity index (χ4n) is 2.77. The molecule has 1 saturated carbocycles. The van der Waals surface area contributed by atoms with E-state index in [0.717, 1.165) is 11.3 Å². The van der Waals surface area contributed by atoms with Crippen molar-refractivity contribution in [3.63, 3.8) is 0 Å². The molecule has 1 aromatic carbocycles. The summed E-state index contributed by atoms with van der Waals surface area (Å²) in [6.07, 6.45) is 0.588. The molecule has 108 valence electrons. The normalized spacial score (nSPS) is 22.6. The molecule has 5 nitrogen and oxygen atoms in total. The highest BCUT2D eigenvalue weighted by atomic mass is 16.5. The van der Waals surface area contributed by atoms with Gasteiger partial charge < -0.3 is 9.26 Å². The lowest BCUT2D eigenvalue weighted by Crippen LogP contribution is -1.93. The Morgan fingerprint density at radius 1 is 1.43 bits per heavy atom. The molecule has 0 amide bonds. The van der Waals surface area contributed by atoms with Crippen LogP contribution in [0.5, 0.6) is 5.75 Å². The predicted molar refractivity (Wildman–Crippen MR) is 75.7 cm³/mol. The third kappa shape index (κ3) is 2.38. The van der Waals surface area contributed by atoms with Crippen LogP contribution in [-0.4, -0.2) is 17.3 Å². The van der Waals surface area contributed by atoms with Crippen molar-refractivity contribution < 1.29 is 9.26 Å².